The van der Waals surface area contributed by atoms with Gasteiger partial charge in [-0.1, -0.05) is 29.8 Å². The quantitative estimate of drug-likeness (QED) is 0.587. The smallest absolute Gasteiger partial charge is 0.273 e. The number of amides is 1. The number of rotatable bonds is 6. The molecule has 168 valence electrons. The molecule has 0 aliphatic carbocycles. The van der Waals surface area contributed by atoms with Gasteiger partial charge in [-0.15, -0.1) is 0 Å². The van der Waals surface area contributed by atoms with E-state index in [9.17, 15) is 13.2 Å². The van der Waals surface area contributed by atoms with Gasteiger partial charge in [0, 0.05) is 30.2 Å². The number of carbonyl (C=O) groups is 1. The standard InChI is InChI=1S/C22H22ClN3O5S/c1-15-20(25-22(31-15)16-6-8-18(23)9-7-16)21(27)24-14-17-4-2-3-5-19(17)32(28,29)26-10-12-30-13-11-26/h2-9H,10-14H2,1H3,(H,24,27). The van der Waals surface area contributed by atoms with Crippen molar-refractivity contribution in [1.29, 1.82) is 0 Å². The van der Waals surface area contributed by atoms with Crippen molar-refractivity contribution in [2.45, 2.75) is 18.4 Å². The highest BCUT2D eigenvalue weighted by Gasteiger charge is 2.28. The number of hydrogen-bond donors (Lipinski definition) is 1. The molecule has 10 heteroatoms. The summed E-state index contributed by atoms with van der Waals surface area (Å²) < 4.78 is 38.5. The fraction of sp³-hybridized carbons (Fsp3) is 0.273. The molecule has 8 nitrogen and oxygen atoms in total. The van der Waals surface area contributed by atoms with Gasteiger partial charge in [-0.25, -0.2) is 13.4 Å². The number of halogens is 1. The van der Waals surface area contributed by atoms with Gasteiger partial charge in [0.2, 0.25) is 15.9 Å². The molecule has 32 heavy (non-hydrogen) atoms. The van der Waals surface area contributed by atoms with Gasteiger partial charge in [-0.05, 0) is 42.8 Å². The number of nitrogens with zero attached hydrogens (tertiary/aromatic N) is 2. The van der Waals surface area contributed by atoms with Gasteiger partial charge in [-0.3, -0.25) is 4.79 Å². The fourth-order valence-corrected chi connectivity index (χ4v) is 5.17. The lowest BCUT2D eigenvalue weighted by atomic mass is 10.2. The molecule has 1 aliphatic heterocycles. The Morgan fingerprint density at radius 3 is 2.53 bits per heavy atom. The molecule has 1 aromatic heterocycles. The topological polar surface area (TPSA) is 102 Å². The maximum atomic E-state index is 13.1. The minimum atomic E-state index is -3.69. The second-order valence-corrected chi connectivity index (χ2v) is 9.58. The zero-order chi connectivity index (χ0) is 22.7. The van der Waals surface area contributed by atoms with Crippen LogP contribution in [0.2, 0.25) is 5.02 Å². The third kappa shape index (κ3) is 4.71. The van der Waals surface area contributed by atoms with Crippen molar-refractivity contribution >= 4 is 27.5 Å². The summed E-state index contributed by atoms with van der Waals surface area (Å²) in [6.07, 6.45) is 0. The van der Waals surface area contributed by atoms with E-state index in [-0.39, 0.29) is 17.1 Å². The van der Waals surface area contributed by atoms with Gasteiger partial charge >= 0.3 is 0 Å². The number of oxazole rings is 1. The molecule has 2 heterocycles. The predicted octanol–water partition coefficient (Wildman–Crippen LogP) is 3.25. The van der Waals surface area contributed by atoms with Crippen LogP contribution in [0.15, 0.2) is 57.8 Å². The van der Waals surface area contributed by atoms with Crippen molar-refractivity contribution in [3.05, 3.63) is 70.6 Å². The van der Waals surface area contributed by atoms with Gasteiger partial charge in [0.1, 0.15) is 5.76 Å². The molecule has 1 aliphatic rings. The van der Waals surface area contributed by atoms with Crippen LogP contribution in [0.5, 0.6) is 0 Å². The molecule has 0 saturated carbocycles. The predicted molar refractivity (Wildman–Crippen MR) is 119 cm³/mol. The second kappa shape index (κ2) is 9.41. The third-order valence-electron chi connectivity index (χ3n) is 5.10. The molecular formula is C22H22ClN3O5S. The zero-order valence-electron chi connectivity index (χ0n) is 17.4. The van der Waals surface area contributed by atoms with Crippen LogP contribution in [0.1, 0.15) is 21.8 Å². The number of benzene rings is 2. The Hall–Kier alpha value is -2.72. The highest BCUT2D eigenvalue weighted by molar-refractivity contribution is 7.89. The molecule has 4 rings (SSSR count). The molecule has 1 N–H and O–H groups in total. The number of morpholine rings is 1. The molecule has 0 atom stereocenters. The second-order valence-electron chi connectivity index (χ2n) is 7.24. The van der Waals surface area contributed by atoms with Crippen LogP contribution in [-0.2, 0) is 21.3 Å². The zero-order valence-corrected chi connectivity index (χ0v) is 18.9. The maximum Gasteiger partial charge on any atom is 0.273 e. The summed E-state index contributed by atoms with van der Waals surface area (Å²) in [6.45, 7) is 3.00. The van der Waals surface area contributed by atoms with Crippen LogP contribution in [0.4, 0.5) is 0 Å². The van der Waals surface area contributed by atoms with Crippen LogP contribution >= 0.6 is 11.6 Å². The number of carbonyl (C=O) groups excluding carboxylic acids is 1. The van der Waals surface area contributed by atoms with E-state index in [1.807, 2.05) is 0 Å². The average molecular weight is 476 g/mol. The lowest BCUT2D eigenvalue weighted by Crippen LogP contribution is -2.41. The number of hydrogen-bond acceptors (Lipinski definition) is 6. The van der Waals surface area contributed by atoms with E-state index in [1.165, 1.54) is 4.31 Å². The molecule has 0 radical (unpaired) electrons. The minimum Gasteiger partial charge on any atom is -0.441 e. The first-order chi connectivity index (χ1) is 15.4. The van der Waals surface area contributed by atoms with Gasteiger partial charge in [0.05, 0.1) is 18.1 Å². The summed E-state index contributed by atoms with van der Waals surface area (Å²) in [5.74, 6) is 0.214. The maximum absolute atomic E-state index is 13.1. The van der Waals surface area contributed by atoms with E-state index in [4.69, 9.17) is 20.8 Å². The normalized spacial score (nSPS) is 14.9. The van der Waals surface area contributed by atoms with Crippen molar-refractivity contribution in [2.24, 2.45) is 0 Å². The summed E-state index contributed by atoms with van der Waals surface area (Å²) in [5.41, 5.74) is 1.33. The average Bonchev–Trinajstić information content (AvgIpc) is 3.20. The Bertz CT molecular complexity index is 1220. The van der Waals surface area contributed by atoms with Crippen LogP contribution < -0.4 is 5.32 Å². The van der Waals surface area contributed by atoms with Crippen LogP contribution in [0.3, 0.4) is 0 Å². The molecule has 1 amide bonds. The van der Waals surface area contributed by atoms with Crippen molar-refractivity contribution in [2.75, 3.05) is 26.3 Å². The highest BCUT2D eigenvalue weighted by Crippen LogP contribution is 2.24. The largest absolute Gasteiger partial charge is 0.441 e. The van der Waals surface area contributed by atoms with Gasteiger partial charge in [-0.2, -0.15) is 4.31 Å². The van der Waals surface area contributed by atoms with E-state index in [2.05, 4.69) is 10.3 Å². The fourth-order valence-electron chi connectivity index (χ4n) is 3.41. The van der Waals surface area contributed by atoms with Gasteiger partial charge in [0.25, 0.3) is 5.91 Å². The lowest BCUT2D eigenvalue weighted by Gasteiger charge is -2.27. The Morgan fingerprint density at radius 2 is 1.81 bits per heavy atom. The summed E-state index contributed by atoms with van der Waals surface area (Å²) in [5, 5.41) is 3.34. The Labute approximate surface area is 191 Å². The first kappa shape index (κ1) is 22.5. The van der Waals surface area contributed by atoms with Crippen LogP contribution in [0, 0.1) is 6.92 Å². The van der Waals surface area contributed by atoms with E-state index < -0.39 is 15.9 Å². The number of nitrogens with one attached hydrogen (secondary N) is 1. The molecule has 1 saturated heterocycles. The SMILES string of the molecule is Cc1oc(-c2ccc(Cl)cc2)nc1C(=O)NCc1ccccc1S(=O)(=O)N1CCOCC1. The lowest BCUT2D eigenvalue weighted by molar-refractivity contribution is 0.0730. The molecule has 1 fully saturated rings. The Balaban J connectivity index is 1.51. The molecule has 0 unspecified atom stereocenters. The number of ether oxygens (including phenoxy) is 1. The summed E-state index contributed by atoms with van der Waals surface area (Å²) in [6, 6.07) is 13.6. The van der Waals surface area contributed by atoms with Crippen LogP contribution in [-0.4, -0.2) is 49.9 Å². The highest BCUT2D eigenvalue weighted by atomic mass is 35.5. The van der Waals surface area contributed by atoms with Crippen molar-refractivity contribution in [3.8, 4) is 11.5 Å². The number of aromatic nitrogens is 1. The molecule has 0 bridgehead atoms. The van der Waals surface area contributed by atoms with Gasteiger partial charge < -0.3 is 14.5 Å². The third-order valence-corrected chi connectivity index (χ3v) is 7.35. The summed E-state index contributed by atoms with van der Waals surface area (Å²) in [4.78, 5) is 17.2. The van der Waals surface area contributed by atoms with Crippen LogP contribution in [0.25, 0.3) is 11.5 Å². The molecule has 3 aromatic rings. The van der Waals surface area contributed by atoms with E-state index in [0.29, 0.717) is 54.1 Å². The number of aryl methyl sites for hydroxylation is 1. The number of sulfonamides is 1. The summed E-state index contributed by atoms with van der Waals surface area (Å²) in [7, 11) is -3.69. The minimum absolute atomic E-state index is 0.0289. The first-order valence-electron chi connectivity index (χ1n) is 10.0. The van der Waals surface area contributed by atoms with E-state index in [1.54, 1.807) is 55.5 Å². The molecule has 0 spiro atoms. The van der Waals surface area contributed by atoms with E-state index in [0.717, 1.165) is 0 Å². The Kier molecular flexibility index (Phi) is 6.61. The van der Waals surface area contributed by atoms with Crippen molar-refractivity contribution in [1.82, 2.24) is 14.6 Å². The molecular weight excluding hydrogens is 454 g/mol. The van der Waals surface area contributed by atoms with Gasteiger partial charge in [0.15, 0.2) is 5.69 Å². The van der Waals surface area contributed by atoms with Crippen molar-refractivity contribution < 1.29 is 22.4 Å². The van der Waals surface area contributed by atoms with Crippen molar-refractivity contribution in [3.63, 3.8) is 0 Å². The Morgan fingerprint density at radius 1 is 1.12 bits per heavy atom. The summed E-state index contributed by atoms with van der Waals surface area (Å²) >= 11 is 5.91. The monoisotopic (exact) mass is 475 g/mol. The van der Waals surface area contributed by atoms with E-state index >= 15 is 0 Å². The first-order valence-corrected chi connectivity index (χ1v) is 11.9. The molecule has 2 aromatic carbocycles.